The van der Waals surface area contributed by atoms with Crippen LogP contribution in [0.1, 0.15) is 26.3 Å². The second-order valence-electron chi connectivity index (χ2n) is 4.00. The molecule has 0 saturated heterocycles. The van der Waals surface area contributed by atoms with Crippen LogP contribution in [0.4, 0.5) is 5.69 Å². The Hall–Kier alpha value is -2.63. The van der Waals surface area contributed by atoms with Crippen LogP contribution in [0.5, 0.6) is 0 Å². The Bertz CT molecular complexity index is 605. The fourth-order valence-electron chi connectivity index (χ4n) is 1.72. The first-order chi connectivity index (χ1) is 9.13. The topological polar surface area (TPSA) is 86.9 Å². The van der Waals surface area contributed by atoms with Crippen LogP contribution in [0.2, 0.25) is 0 Å². The first kappa shape index (κ1) is 12.8. The average molecular weight is 258 g/mol. The van der Waals surface area contributed by atoms with Crippen LogP contribution in [0.25, 0.3) is 0 Å². The average Bonchev–Trinajstić information content (AvgIpc) is 2.94. The molecule has 2 rings (SSSR count). The molecule has 0 saturated carbocycles. The van der Waals surface area contributed by atoms with Crippen molar-refractivity contribution in [2.45, 2.75) is 6.92 Å². The van der Waals surface area contributed by atoms with Crippen molar-refractivity contribution in [1.29, 1.82) is 0 Å². The zero-order chi connectivity index (χ0) is 13.8. The van der Waals surface area contributed by atoms with E-state index in [0.29, 0.717) is 16.8 Å². The van der Waals surface area contributed by atoms with Crippen LogP contribution < -0.4 is 10.6 Å². The molecular formula is C13H14N4O2. The Labute approximate surface area is 110 Å². The van der Waals surface area contributed by atoms with Crippen molar-refractivity contribution in [1.82, 2.24) is 15.5 Å². The molecule has 0 unspecified atom stereocenters. The summed E-state index contributed by atoms with van der Waals surface area (Å²) < 4.78 is 0. The SMILES string of the molecule is CNC(=O)c1cccc(NC(=O)c2cn[nH]c2)c1C. The molecule has 0 aliphatic rings. The first-order valence-corrected chi connectivity index (χ1v) is 5.75. The molecule has 0 aliphatic carbocycles. The predicted molar refractivity (Wildman–Crippen MR) is 71.1 cm³/mol. The maximum absolute atomic E-state index is 11.9. The number of aromatic amines is 1. The Morgan fingerprint density at radius 1 is 1.26 bits per heavy atom. The number of carbonyl (C=O) groups is 2. The molecule has 0 atom stereocenters. The van der Waals surface area contributed by atoms with Crippen molar-refractivity contribution in [3.8, 4) is 0 Å². The summed E-state index contributed by atoms with van der Waals surface area (Å²) in [4.78, 5) is 23.6. The van der Waals surface area contributed by atoms with Crippen molar-refractivity contribution in [2.75, 3.05) is 12.4 Å². The summed E-state index contributed by atoms with van der Waals surface area (Å²) in [5.74, 6) is -0.456. The molecule has 1 aromatic heterocycles. The first-order valence-electron chi connectivity index (χ1n) is 5.75. The van der Waals surface area contributed by atoms with E-state index in [-0.39, 0.29) is 11.8 Å². The molecule has 0 bridgehead atoms. The molecule has 6 nitrogen and oxygen atoms in total. The van der Waals surface area contributed by atoms with Gasteiger partial charge in [-0.15, -0.1) is 0 Å². The van der Waals surface area contributed by atoms with Crippen LogP contribution in [-0.2, 0) is 0 Å². The van der Waals surface area contributed by atoms with E-state index in [4.69, 9.17) is 0 Å². The Morgan fingerprint density at radius 3 is 2.68 bits per heavy atom. The van der Waals surface area contributed by atoms with Crippen LogP contribution in [0.15, 0.2) is 30.6 Å². The minimum absolute atomic E-state index is 0.183. The highest BCUT2D eigenvalue weighted by Gasteiger charge is 2.13. The van der Waals surface area contributed by atoms with Gasteiger partial charge < -0.3 is 10.6 Å². The second kappa shape index (κ2) is 5.34. The Kier molecular flexibility index (Phi) is 3.61. The summed E-state index contributed by atoms with van der Waals surface area (Å²) in [6.45, 7) is 1.79. The minimum Gasteiger partial charge on any atom is -0.355 e. The Morgan fingerprint density at radius 2 is 2.05 bits per heavy atom. The summed E-state index contributed by atoms with van der Waals surface area (Å²) in [5.41, 5.74) is 2.29. The van der Waals surface area contributed by atoms with Crippen molar-refractivity contribution < 1.29 is 9.59 Å². The molecule has 6 heteroatoms. The van der Waals surface area contributed by atoms with Gasteiger partial charge in [0.15, 0.2) is 0 Å². The number of aromatic nitrogens is 2. The molecule has 2 amide bonds. The van der Waals surface area contributed by atoms with Gasteiger partial charge in [0.25, 0.3) is 11.8 Å². The molecular weight excluding hydrogens is 244 g/mol. The zero-order valence-electron chi connectivity index (χ0n) is 10.7. The van der Waals surface area contributed by atoms with Gasteiger partial charge >= 0.3 is 0 Å². The molecule has 0 fully saturated rings. The van der Waals surface area contributed by atoms with Gasteiger partial charge in [-0.2, -0.15) is 5.10 Å². The summed E-state index contributed by atoms with van der Waals surface area (Å²) >= 11 is 0. The Balaban J connectivity index is 2.26. The van der Waals surface area contributed by atoms with E-state index in [0.717, 1.165) is 5.56 Å². The zero-order valence-corrected chi connectivity index (χ0v) is 10.7. The largest absolute Gasteiger partial charge is 0.355 e. The number of benzene rings is 1. The molecule has 0 aliphatic heterocycles. The third-order valence-corrected chi connectivity index (χ3v) is 2.81. The third-order valence-electron chi connectivity index (χ3n) is 2.81. The molecule has 1 heterocycles. The molecule has 98 valence electrons. The molecule has 3 N–H and O–H groups in total. The van der Waals surface area contributed by atoms with Crippen LogP contribution in [0, 0.1) is 6.92 Å². The molecule has 2 aromatic rings. The number of nitrogens with one attached hydrogen (secondary N) is 3. The smallest absolute Gasteiger partial charge is 0.258 e. The lowest BCUT2D eigenvalue weighted by Gasteiger charge is -2.11. The lowest BCUT2D eigenvalue weighted by atomic mass is 10.1. The normalized spacial score (nSPS) is 10.0. The van der Waals surface area contributed by atoms with Crippen molar-refractivity contribution in [2.24, 2.45) is 0 Å². The van der Waals surface area contributed by atoms with Gasteiger partial charge in [-0.05, 0) is 24.6 Å². The second-order valence-corrected chi connectivity index (χ2v) is 4.00. The number of anilines is 1. The van der Waals surface area contributed by atoms with Crippen molar-refractivity contribution >= 4 is 17.5 Å². The number of hydrogen-bond acceptors (Lipinski definition) is 3. The van der Waals surface area contributed by atoms with E-state index >= 15 is 0 Å². The maximum atomic E-state index is 11.9. The monoisotopic (exact) mass is 258 g/mol. The van der Waals surface area contributed by atoms with Gasteiger partial charge in [0, 0.05) is 24.5 Å². The van der Waals surface area contributed by atoms with Gasteiger partial charge in [-0.25, -0.2) is 0 Å². The van der Waals surface area contributed by atoms with Crippen LogP contribution in [0.3, 0.4) is 0 Å². The highest BCUT2D eigenvalue weighted by Crippen LogP contribution is 2.19. The summed E-state index contributed by atoms with van der Waals surface area (Å²) in [6.07, 6.45) is 2.94. The number of rotatable bonds is 3. The van der Waals surface area contributed by atoms with Crippen molar-refractivity contribution in [3.63, 3.8) is 0 Å². The minimum atomic E-state index is -0.272. The van der Waals surface area contributed by atoms with E-state index in [1.165, 1.54) is 12.4 Å². The lowest BCUT2D eigenvalue weighted by Crippen LogP contribution is -2.20. The number of H-pyrrole nitrogens is 1. The molecule has 1 aromatic carbocycles. The highest BCUT2D eigenvalue weighted by atomic mass is 16.2. The number of nitrogens with zero attached hydrogens (tertiary/aromatic N) is 1. The van der Waals surface area contributed by atoms with E-state index in [1.807, 2.05) is 0 Å². The van der Waals surface area contributed by atoms with E-state index in [9.17, 15) is 9.59 Å². The van der Waals surface area contributed by atoms with E-state index < -0.39 is 0 Å². The lowest BCUT2D eigenvalue weighted by molar-refractivity contribution is 0.0960. The summed E-state index contributed by atoms with van der Waals surface area (Å²) in [6, 6.07) is 5.18. The standard InChI is InChI=1S/C13H14N4O2/c1-8-10(13(19)14-2)4-3-5-11(8)17-12(18)9-6-15-16-7-9/h3-7H,1-2H3,(H,14,19)(H,15,16)(H,17,18). The highest BCUT2D eigenvalue weighted by molar-refractivity contribution is 6.05. The summed E-state index contributed by atoms with van der Waals surface area (Å²) in [7, 11) is 1.57. The van der Waals surface area contributed by atoms with Gasteiger partial charge in [-0.3, -0.25) is 14.7 Å². The number of carbonyl (C=O) groups excluding carboxylic acids is 2. The molecule has 0 radical (unpaired) electrons. The maximum Gasteiger partial charge on any atom is 0.258 e. The summed E-state index contributed by atoms with van der Waals surface area (Å²) in [5, 5.41) is 11.6. The third kappa shape index (κ3) is 2.62. The van der Waals surface area contributed by atoms with E-state index in [2.05, 4.69) is 20.8 Å². The van der Waals surface area contributed by atoms with Crippen LogP contribution in [-0.4, -0.2) is 29.1 Å². The fourth-order valence-corrected chi connectivity index (χ4v) is 1.72. The van der Waals surface area contributed by atoms with Crippen LogP contribution >= 0.6 is 0 Å². The number of hydrogen-bond donors (Lipinski definition) is 3. The quantitative estimate of drug-likeness (QED) is 0.776. The van der Waals surface area contributed by atoms with Gasteiger partial charge in [0.2, 0.25) is 0 Å². The van der Waals surface area contributed by atoms with Gasteiger partial charge in [0.05, 0.1) is 11.8 Å². The van der Waals surface area contributed by atoms with Gasteiger partial charge in [-0.1, -0.05) is 6.07 Å². The molecule has 0 spiro atoms. The van der Waals surface area contributed by atoms with Gasteiger partial charge in [0.1, 0.15) is 0 Å². The number of amides is 2. The predicted octanol–water partition coefficient (Wildman–Crippen LogP) is 1.33. The fraction of sp³-hybridized carbons (Fsp3) is 0.154. The van der Waals surface area contributed by atoms with E-state index in [1.54, 1.807) is 32.2 Å². The molecule has 19 heavy (non-hydrogen) atoms. The van der Waals surface area contributed by atoms with Crippen molar-refractivity contribution in [3.05, 3.63) is 47.3 Å².